The molecule has 2 aliphatic heterocycles. The van der Waals surface area contributed by atoms with E-state index in [-0.39, 0.29) is 17.6 Å². The maximum Gasteiger partial charge on any atom is 0.325 e. The molecule has 6 nitrogen and oxygen atoms in total. The second kappa shape index (κ2) is 11.0. The molecule has 0 amide bonds. The van der Waals surface area contributed by atoms with Crippen LogP contribution < -0.4 is 0 Å². The number of pyridine rings is 1. The average Bonchev–Trinajstić information content (AvgIpc) is 3.30. The highest BCUT2D eigenvalue weighted by molar-refractivity contribution is 5.76. The Morgan fingerprint density at radius 1 is 1.21 bits per heavy atom. The van der Waals surface area contributed by atoms with Crippen LogP contribution in [0.25, 0.3) is 0 Å². The van der Waals surface area contributed by atoms with Gasteiger partial charge in [0.05, 0.1) is 18.8 Å². The number of hydrogen-bond acceptors (Lipinski definition) is 5. The number of likely N-dealkylation sites (tertiary alicyclic amines) is 1. The predicted molar refractivity (Wildman–Crippen MR) is 142 cm³/mol. The molecule has 0 bridgehead atoms. The Bertz CT molecular complexity index is 1170. The van der Waals surface area contributed by atoms with Gasteiger partial charge in [-0.25, -0.2) is 4.39 Å². The summed E-state index contributed by atoms with van der Waals surface area (Å²) in [7, 11) is 0. The third-order valence-corrected chi connectivity index (χ3v) is 9.05. The number of nitrogens with zero attached hydrogens (tertiary/aromatic N) is 2. The van der Waals surface area contributed by atoms with Gasteiger partial charge in [0.1, 0.15) is 11.9 Å². The molecule has 3 fully saturated rings. The minimum Gasteiger partial charge on any atom is -0.480 e. The summed E-state index contributed by atoms with van der Waals surface area (Å²) in [5.41, 5.74) is 5.49. The Labute approximate surface area is 224 Å². The van der Waals surface area contributed by atoms with Crippen molar-refractivity contribution in [1.29, 1.82) is 0 Å². The quantitative estimate of drug-likeness (QED) is 0.411. The number of aryl methyl sites for hydroxylation is 3. The fourth-order valence-corrected chi connectivity index (χ4v) is 6.62. The summed E-state index contributed by atoms with van der Waals surface area (Å²) in [6.45, 7) is 2.53. The molecule has 2 unspecified atom stereocenters. The number of ether oxygens (including phenoxy) is 2. The lowest BCUT2D eigenvalue weighted by molar-refractivity contribution is -0.143. The van der Waals surface area contributed by atoms with Crippen molar-refractivity contribution in [1.82, 2.24) is 9.88 Å². The fraction of sp³-hybridized carbons (Fsp3) is 0.613. The molecule has 2 saturated heterocycles. The summed E-state index contributed by atoms with van der Waals surface area (Å²) in [5, 5.41) is 10.2. The minimum absolute atomic E-state index is 0.00630. The van der Waals surface area contributed by atoms with Crippen molar-refractivity contribution in [3.05, 3.63) is 64.2 Å². The number of fused-ring (bicyclic) bond motifs is 1. The van der Waals surface area contributed by atoms with E-state index in [0.717, 1.165) is 63.4 Å². The number of rotatable bonds is 10. The summed E-state index contributed by atoms with van der Waals surface area (Å²) >= 11 is 0. The van der Waals surface area contributed by atoms with Crippen LogP contribution in [0.5, 0.6) is 0 Å². The van der Waals surface area contributed by atoms with E-state index in [0.29, 0.717) is 31.9 Å². The van der Waals surface area contributed by atoms with Crippen molar-refractivity contribution in [2.75, 3.05) is 26.3 Å². The molecule has 0 radical (unpaired) electrons. The number of benzene rings is 1. The molecule has 1 aromatic heterocycles. The van der Waals surface area contributed by atoms with E-state index < -0.39 is 17.8 Å². The standard InChI is InChI=1S/C31H39FN2O4/c32-22-9-11-25(28-18-31(13-14-31)20-38-28)26(17-22)29(30(35)36)34-15-12-24(19-34)37-16-4-3-6-23-10-8-21-5-1-2-7-27(21)33-23/h8-11,17,24,28-29H,1-7,12-16,18-20H2,(H,35,36)/t24-,28?,29?/m1/s1. The lowest BCUT2D eigenvalue weighted by Gasteiger charge is -2.28. The smallest absolute Gasteiger partial charge is 0.325 e. The van der Waals surface area contributed by atoms with Crippen LogP contribution in [0.4, 0.5) is 4.39 Å². The van der Waals surface area contributed by atoms with E-state index in [1.54, 1.807) is 6.07 Å². The number of hydrogen-bond donors (Lipinski definition) is 1. The van der Waals surface area contributed by atoms with E-state index in [4.69, 9.17) is 14.5 Å². The van der Waals surface area contributed by atoms with Gasteiger partial charge in [-0.15, -0.1) is 0 Å². The monoisotopic (exact) mass is 522 g/mol. The van der Waals surface area contributed by atoms with Crippen molar-refractivity contribution in [2.24, 2.45) is 5.41 Å². The molecule has 7 heteroatoms. The third-order valence-electron chi connectivity index (χ3n) is 9.05. The van der Waals surface area contributed by atoms with Crippen LogP contribution in [0.15, 0.2) is 30.3 Å². The van der Waals surface area contributed by atoms with Crippen molar-refractivity contribution in [3.63, 3.8) is 0 Å². The topological polar surface area (TPSA) is 71.9 Å². The first-order chi connectivity index (χ1) is 18.5. The Morgan fingerprint density at radius 2 is 2.08 bits per heavy atom. The molecule has 2 aromatic rings. The first-order valence-electron chi connectivity index (χ1n) is 14.5. The molecule has 38 heavy (non-hydrogen) atoms. The van der Waals surface area contributed by atoms with Crippen LogP contribution >= 0.6 is 0 Å². The Balaban J connectivity index is 1.02. The zero-order valence-corrected chi connectivity index (χ0v) is 22.2. The number of halogens is 1. The molecule has 4 aliphatic rings. The SMILES string of the molecule is O=C(O)C(c1cc(F)ccc1C1CC2(CC2)CO1)N1CC[C@@H](OCCCCc2ccc3c(n2)CCCC3)C1. The fourth-order valence-electron chi connectivity index (χ4n) is 6.62. The van der Waals surface area contributed by atoms with Crippen molar-refractivity contribution in [2.45, 2.75) is 88.9 Å². The normalized spacial score (nSPS) is 25.0. The number of unbranched alkanes of at least 4 members (excludes halogenated alkanes) is 1. The summed E-state index contributed by atoms with van der Waals surface area (Å²) in [6, 6.07) is 8.09. The molecule has 1 N–H and O–H groups in total. The van der Waals surface area contributed by atoms with Gasteiger partial charge in [-0.3, -0.25) is 14.7 Å². The molecular formula is C31H39FN2O4. The third kappa shape index (κ3) is 5.65. The van der Waals surface area contributed by atoms with Crippen LogP contribution in [-0.4, -0.2) is 53.4 Å². The van der Waals surface area contributed by atoms with E-state index in [2.05, 4.69) is 12.1 Å². The van der Waals surface area contributed by atoms with Gasteiger partial charge in [-0.1, -0.05) is 12.1 Å². The van der Waals surface area contributed by atoms with Crippen molar-refractivity contribution < 1.29 is 23.8 Å². The van der Waals surface area contributed by atoms with Crippen LogP contribution in [0.2, 0.25) is 0 Å². The van der Waals surface area contributed by atoms with Gasteiger partial charge in [-0.05, 0) is 111 Å². The first kappa shape index (κ1) is 25.9. The highest BCUT2D eigenvalue weighted by atomic mass is 19.1. The molecule has 1 spiro atoms. The lowest BCUT2D eigenvalue weighted by atomic mass is 9.91. The summed E-state index contributed by atoms with van der Waals surface area (Å²) in [6.07, 6.45) is 11.6. The molecule has 6 rings (SSSR count). The zero-order chi connectivity index (χ0) is 26.1. The molecule has 204 valence electrons. The van der Waals surface area contributed by atoms with Gasteiger partial charge in [0.25, 0.3) is 0 Å². The van der Waals surface area contributed by atoms with Crippen LogP contribution in [0, 0.1) is 11.2 Å². The van der Waals surface area contributed by atoms with Crippen LogP contribution in [0.3, 0.4) is 0 Å². The molecule has 2 aliphatic carbocycles. The highest BCUT2D eigenvalue weighted by Crippen LogP contribution is 2.58. The van der Waals surface area contributed by atoms with Crippen LogP contribution in [0.1, 0.15) is 91.6 Å². The number of carboxylic acids is 1. The Kier molecular flexibility index (Phi) is 7.52. The van der Waals surface area contributed by atoms with Gasteiger partial charge in [-0.2, -0.15) is 0 Å². The molecule has 3 atom stereocenters. The average molecular weight is 523 g/mol. The first-order valence-corrected chi connectivity index (χ1v) is 14.5. The molecule has 1 aromatic carbocycles. The van der Waals surface area contributed by atoms with E-state index >= 15 is 0 Å². The van der Waals surface area contributed by atoms with E-state index in [1.807, 2.05) is 4.90 Å². The van der Waals surface area contributed by atoms with Crippen molar-refractivity contribution in [3.8, 4) is 0 Å². The van der Waals surface area contributed by atoms with Gasteiger partial charge >= 0.3 is 5.97 Å². The molecule has 1 saturated carbocycles. The lowest BCUT2D eigenvalue weighted by Crippen LogP contribution is -2.34. The second-order valence-corrected chi connectivity index (χ2v) is 11.9. The highest BCUT2D eigenvalue weighted by Gasteiger charge is 2.50. The number of carbonyl (C=O) groups is 1. The summed E-state index contributed by atoms with van der Waals surface area (Å²) < 4.78 is 26.6. The van der Waals surface area contributed by atoms with Gasteiger partial charge in [0.2, 0.25) is 0 Å². The zero-order valence-electron chi connectivity index (χ0n) is 22.2. The van der Waals surface area contributed by atoms with E-state index in [9.17, 15) is 14.3 Å². The Morgan fingerprint density at radius 3 is 2.89 bits per heavy atom. The number of aromatic nitrogens is 1. The van der Waals surface area contributed by atoms with Crippen LogP contribution in [-0.2, 0) is 33.5 Å². The van der Waals surface area contributed by atoms with Gasteiger partial charge in [0.15, 0.2) is 0 Å². The molecular weight excluding hydrogens is 483 g/mol. The second-order valence-electron chi connectivity index (χ2n) is 11.9. The number of aliphatic carboxylic acids is 1. The maximum absolute atomic E-state index is 14.3. The molecule has 3 heterocycles. The van der Waals surface area contributed by atoms with Gasteiger partial charge < -0.3 is 14.6 Å². The minimum atomic E-state index is -0.950. The summed E-state index contributed by atoms with van der Waals surface area (Å²) in [5.74, 6) is -1.36. The largest absolute Gasteiger partial charge is 0.480 e. The predicted octanol–water partition coefficient (Wildman–Crippen LogP) is 5.58. The number of carboxylic acid groups (broad SMARTS) is 1. The Hall–Kier alpha value is -2.35. The maximum atomic E-state index is 14.3. The van der Waals surface area contributed by atoms with Gasteiger partial charge in [0, 0.05) is 31.1 Å². The summed E-state index contributed by atoms with van der Waals surface area (Å²) in [4.78, 5) is 19.3. The van der Waals surface area contributed by atoms with Crippen molar-refractivity contribution >= 4 is 5.97 Å². The van der Waals surface area contributed by atoms with E-state index in [1.165, 1.54) is 41.9 Å².